The lowest BCUT2D eigenvalue weighted by Gasteiger charge is -1.90. The van der Waals surface area contributed by atoms with Crippen molar-refractivity contribution in [2.75, 3.05) is 6.61 Å². The van der Waals surface area contributed by atoms with E-state index in [9.17, 15) is 10.1 Å². The van der Waals surface area contributed by atoms with Gasteiger partial charge in [-0.15, -0.1) is 0 Å². The monoisotopic (exact) mass is 183 g/mol. The molecule has 0 fully saturated rings. The second-order valence-electron chi connectivity index (χ2n) is 2.41. The zero-order chi connectivity index (χ0) is 10.3. The first kappa shape index (κ1) is 11.6. The third-order valence-electron chi connectivity index (χ3n) is 1.24. The molecule has 0 aliphatic heterocycles. The van der Waals surface area contributed by atoms with E-state index in [4.69, 9.17) is 5.11 Å². The van der Waals surface area contributed by atoms with E-state index in [0.29, 0.717) is 0 Å². The summed E-state index contributed by atoms with van der Waals surface area (Å²) in [7, 11) is 0. The second-order valence-corrected chi connectivity index (χ2v) is 2.41. The average molecular weight is 183 g/mol. The Morgan fingerprint density at radius 1 is 1.38 bits per heavy atom. The molecule has 0 aliphatic rings. The first-order valence-electron chi connectivity index (χ1n) is 3.93. The number of aliphatic hydroxyl groups is 1. The number of nitro benzene ring substituents is 1. The fourth-order valence-electron chi connectivity index (χ4n) is 0.666. The summed E-state index contributed by atoms with van der Waals surface area (Å²) in [5.74, 6) is 0. The van der Waals surface area contributed by atoms with Gasteiger partial charge in [0.2, 0.25) is 0 Å². The van der Waals surface area contributed by atoms with Crippen molar-refractivity contribution in [1.29, 1.82) is 0 Å². The van der Waals surface area contributed by atoms with Crippen LogP contribution in [-0.2, 0) is 0 Å². The Kier molecular flexibility index (Phi) is 5.47. The smallest absolute Gasteiger partial charge is 0.269 e. The van der Waals surface area contributed by atoms with Gasteiger partial charge in [0.15, 0.2) is 0 Å². The maximum Gasteiger partial charge on any atom is 0.269 e. The predicted molar refractivity (Wildman–Crippen MR) is 50.6 cm³/mol. The molecular formula is C9H13NO3. The maximum absolute atomic E-state index is 10.1. The number of rotatable bonds is 1. The van der Waals surface area contributed by atoms with Crippen LogP contribution in [0.5, 0.6) is 0 Å². The van der Waals surface area contributed by atoms with Gasteiger partial charge in [0.25, 0.3) is 5.69 Å². The summed E-state index contributed by atoms with van der Waals surface area (Å²) in [6, 6.07) is 6.43. The summed E-state index contributed by atoms with van der Waals surface area (Å²) >= 11 is 0. The van der Waals surface area contributed by atoms with Crippen molar-refractivity contribution in [3.63, 3.8) is 0 Å². The average Bonchev–Trinajstić information content (AvgIpc) is 2.06. The first-order valence-corrected chi connectivity index (χ1v) is 3.93. The van der Waals surface area contributed by atoms with Gasteiger partial charge in [-0.25, -0.2) is 0 Å². The Hall–Kier alpha value is -1.42. The van der Waals surface area contributed by atoms with E-state index in [1.165, 1.54) is 12.1 Å². The van der Waals surface area contributed by atoms with Gasteiger partial charge in [0, 0.05) is 18.7 Å². The summed E-state index contributed by atoms with van der Waals surface area (Å²) in [4.78, 5) is 9.71. The van der Waals surface area contributed by atoms with Gasteiger partial charge < -0.3 is 5.11 Å². The van der Waals surface area contributed by atoms with Crippen LogP contribution in [0.25, 0.3) is 0 Å². The number of hydrogen-bond acceptors (Lipinski definition) is 3. The molecule has 0 amide bonds. The lowest BCUT2D eigenvalue weighted by molar-refractivity contribution is -0.384. The molecule has 1 rings (SSSR count). The number of nitro groups is 1. The van der Waals surface area contributed by atoms with E-state index >= 15 is 0 Å². The highest BCUT2D eigenvalue weighted by Gasteiger charge is 2.00. The number of non-ortho nitro benzene ring substituents is 1. The molecule has 0 spiro atoms. The lowest BCUT2D eigenvalue weighted by atomic mass is 10.2. The second kappa shape index (κ2) is 6.14. The van der Waals surface area contributed by atoms with E-state index in [2.05, 4.69) is 0 Å². The van der Waals surface area contributed by atoms with Gasteiger partial charge in [0.05, 0.1) is 4.92 Å². The zero-order valence-corrected chi connectivity index (χ0v) is 7.73. The molecule has 0 unspecified atom stereocenters. The summed E-state index contributed by atoms with van der Waals surface area (Å²) < 4.78 is 0. The minimum absolute atomic E-state index is 0.144. The summed E-state index contributed by atoms with van der Waals surface area (Å²) in [5.41, 5.74) is 1.18. The van der Waals surface area contributed by atoms with E-state index in [-0.39, 0.29) is 12.3 Å². The molecule has 13 heavy (non-hydrogen) atoms. The molecule has 0 saturated carbocycles. The van der Waals surface area contributed by atoms with Crippen LogP contribution in [0.1, 0.15) is 12.5 Å². The Balaban J connectivity index is 0.000000424. The molecule has 0 bridgehead atoms. The van der Waals surface area contributed by atoms with Gasteiger partial charge in [-0.2, -0.15) is 0 Å². The molecule has 0 aliphatic carbocycles. The molecule has 4 nitrogen and oxygen atoms in total. The number of benzene rings is 1. The molecule has 0 heterocycles. The van der Waals surface area contributed by atoms with Gasteiger partial charge in [0.1, 0.15) is 0 Å². The minimum atomic E-state index is -0.403. The summed E-state index contributed by atoms with van der Waals surface area (Å²) in [5, 5.41) is 17.7. The number of hydrogen-bond donors (Lipinski definition) is 1. The van der Waals surface area contributed by atoms with Crippen LogP contribution in [0.2, 0.25) is 0 Å². The topological polar surface area (TPSA) is 63.4 Å². The molecule has 1 aromatic carbocycles. The quantitative estimate of drug-likeness (QED) is 0.534. The zero-order valence-electron chi connectivity index (χ0n) is 7.73. The number of nitrogens with zero attached hydrogens (tertiary/aromatic N) is 1. The highest BCUT2D eigenvalue weighted by atomic mass is 16.6. The number of aliphatic hydroxyl groups excluding tert-OH is 1. The fourth-order valence-corrected chi connectivity index (χ4v) is 0.666. The van der Waals surface area contributed by atoms with Crippen LogP contribution in [0, 0.1) is 17.0 Å². The van der Waals surface area contributed by atoms with E-state index < -0.39 is 4.92 Å². The van der Waals surface area contributed by atoms with Crippen molar-refractivity contribution in [1.82, 2.24) is 0 Å². The van der Waals surface area contributed by atoms with Crippen molar-refractivity contribution < 1.29 is 10.0 Å². The van der Waals surface area contributed by atoms with Gasteiger partial charge in [-0.1, -0.05) is 17.7 Å². The Morgan fingerprint density at radius 2 is 1.77 bits per heavy atom. The highest BCUT2D eigenvalue weighted by Crippen LogP contribution is 2.10. The Morgan fingerprint density at radius 3 is 2.08 bits per heavy atom. The highest BCUT2D eigenvalue weighted by molar-refractivity contribution is 5.31. The van der Waals surface area contributed by atoms with Crippen molar-refractivity contribution in [2.24, 2.45) is 0 Å². The van der Waals surface area contributed by atoms with Crippen molar-refractivity contribution in [2.45, 2.75) is 13.8 Å². The van der Waals surface area contributed by atoms with Crippen LogP contribution in [0.4, 0.5) is 5.69 Å². The Labute approximate surface area is 77.0 Å². The molecule has 72 valence electrons. The van der Waals surface area contributed by atoms with E-state index in [1.807, 2.05) is 6.92 Å². The summed E-state index contributed by atoms with van der Waals surface area (Å²) in [6.45, 7) is 3.82. The van der Waals surface area contributed by atoms with Gasteiger partial charge >= 0.3 is 0 Å². The predicted octanol–water partition coefficient (Wildman–Crippen LogP) is 1.90. The van der Waals surface area contributed by atoms with Gasteiger partial charge in [-0.3, -0.25) is 10.1 Å². The maximum atomic E-state index is 10.1. The third kappa shape index (κ3) is 4.92. The van der Waals surface area contributed by atoms with Crippen molar-refractivity contribution in [3.8, 4) is 0 Å². The van der Waals surface area contributed by atoms with E-state index in [0.717, 1.165) is 5.56 Å². The normalized spacial score (nSPS) is 8.54. The fraction of sp³-hybridized carbons (Fsp3) is 0.333. The summed E-state index contributed by atoms with van der Waals surface area (Å²) in [6.07, 6.45) is 0. The minimum Gasteiger partial charge on any atom is -0.397 e. The van der Waals surface area contributed by atoms with Crippen LogP contribution in [0.3, 0.4) is 0 Å². The molecule has 4 heteroatoms. The number of aryl methyl sites for hydroxylation is 1. The van der Waals surface area contributed by atoms with Crippen LogP contribution in [-0.4, -0.2) is 16.6 Å². The third-order valence-corrected chi connectivity index (χ3v) is 1.24. The van der Waals surface area contributed by atoms with Crippen LogP contribution < -0.4 is 0 Å². The molecule has 1 N–H and O–H groups in total. The Bertz CT molecular complexity index is 256. The molecule has 0 atom stereocenters. The standard InChI is InChI=1S/C7H7NO2.C2H6O/c1-6-2-4-7(5-3-6)8(9)10;1-2-3/h2-5H,1H3;3H,2H2,1H3. The van der Waals surface area contributed by atoms with E-state index in [1.54, 1.807) is 19.1 Å². The largest absolute Gasteiger partial charge is 0.397 e. The first-order chi connectivity index (χ1) is 6.11. The SMILES string of the molecule is CCO.Cc1ccc([N+](=O)[O-])cc1. The molecule has 1 aromatic rings. The molecular weight excluding hydrogens is 170 g/mol. The molecule has 0 aromatic heterocycles. The van der Waals surface area contributed by atoms with Gasteiger partial charge in [-0.05, 0) is 13.8 Å². The van der Waals surface area contributed by atoms with Crippen molar-refractivity contribution in [3.05, 3.63) is 39.9 Å². The van der Waals surface area contributed by atoms with Crippen LogP contribution >= 0.6 is 0 Å². The van der Waals surface area contributed by atoms with Crippen LogP contribution in [0.15, 0.2) is 24.3 Å². The molecule has 0 saturated heterocycles. The lowest BCUT2D eigenvalue weighted by Crippen LogP contribution is -1.86. The molecule has 0 radical (unpaired) electrons. The van der Waals surface area contributed by atoms with Crippen molar-refractivity contribution >= 4 is 5.69 Å².